The van der Waals surface area contributed by atoms with E-state index in [1.165, 1.54) is 17.5 Å². The van der Waals surface area contributed by atoms with E-state index in [1.807, 2.05) is 4.90 Å². The first-order chi connectivity index (χ1) is 10.8. The number of piperidine rings is 1. The van der Waals surface area contributed by atoms with Crippen LogP contribution in [0.15, 0.2) is 24.3 Å². The summed E-state index contributed by atoms with van der Waals surface area (Å²) in [5.41, 5.74) is 2.73. The molecule has 1 amide bonds. The molecule has 0 radical (unpaired) electrons. The zero-order chi connectivity index (χ0) is 15.4. The van der Waals surface area contributed by atoms with Crippen LogP contribution in [-0.4, -0.2) is 53.6 Å². The van der Waals surface area contributed by atoms with Gasteiger partial charge in [0.25, 0.3) is 0 Å². The summed E-state index contributed by atoms with van der Waals surface area (Å²) in [6.07, 6.45) is 5.60. The topological polar surface area (TPSA) is 43.8 Å². The van der Waals surface area contributed by atoms with Crippen molar-refractivity contribution in [1.82, 2.24) is 9.80 Å². The molecule has 4 heteroatoms. The third-order valence-electron chi connectivity index (χ3n) is 4.98. The maximum Gasteiger partial charge on any atom is 0.236 e. The fraction of sp³-hybridized carbons (Fsp3) is 0.611. The standard InChI is InChI=1S/C18H26N2O2/c21-13-12-20(14-18(22)19-10-4-1-5-11-19)17-9-8-15-6-2-3-7-16(15)17/h2-3,6-7,17,21H,1,4-5,8-14H2. The Kier molecular flexibility index (Phi) is 5.11. The summed E-state index contributed by atoms with van der Waals surface area (Å²) in [4.78, 5) is 16.7. The van der Waals surface area contributed by atoms with Crippen LogP contribution in [0.5, 0.6) is 0 Å². The van der Waals surface area contributed by atoms with E-state index in [2.05, 4.69) is 29.2 Å². The van der Waals surface area contributed by atoms with Crippen molar-refractivity contribution in [2.24, 2.45) is 0 Å². The van der Waals surface area contributed by atoms with Crippen molar-refractivity contribution < 1.29 is 9.90 Å². The van der Waals surface area contributed by atoms with Crippen LogP contribution in [0.25, 0.3) is 0 Å². The molecule has 1 aliphatic heterocycles. The second kappa shape index (κ2) is 7.25. The number of amides is 1. The van der Waals surface area contributed by atoms with E-state index in [0.29, 0.717) is 13.1 Å². The molecule has 120 valence electrons. The second-order valence-electron chi connectivity index (χ2n) is 6.39. The van der Waals surface area contributed by atoms with Crippen LogP contribution in [0.3, 0.4) is 0 Å². The van der Waals surface area contributed by atoms with Gasteiger partial charge in [-0.05, 0) is 43.2 Å². The number of carbonyl (C=O) groups is 1. The highest BCUT2D eigenvalue weighted by Gasteiger charge is 2.29. The Morgan fingerprint density at radius 2 is 2.00 bits per heavy atom. The fourth-order valence-corrected chi connectivity index (χ4v) is 3.80. The average Bonchev–Trinajstić information content (AvgIpc) is 2.99. The molecule has 4 nitrogen and oxygen atoms in total. The number of fused-ring (bicyclic) bond motifs is 1. The number of aliphatic hydroxyl groups excluding tert-OH is 1. The number of hydrogen-bond donors (Lipinski definition) is 1. The summed E-state index contributed by atoms with van der Waals surface area (Å²) in [6.45, 7) is 2.89. The van der Waals surface area contributed by atoms with Gasteiger partial charge in [-0.3, -0.25) is 9.69 Å². The van der Waals surface area contributed by atoms with Crippen LogP contribution in [-0.2, 0) is 11.2 Å². The molecule has 2 aliphatic rings. The van der Waals surface area contributed by atoms with E-state index in [-0.39, 0.29) is 18.6 Å². The van der Waals surface area contributed by atoms with Crippen molar-refractivity contribution in [3.05, 3.63) is 35.4 Å². The Balaban J connectivity index is 1.69. The van der Waals surface area contributed by atoms with Crippen molar-refractivity contribution in [3.63, 3.8) is 0 Å². The predicted octanol–water partition coefficient (Wildman–Crippen LogP) is 1.98. The largest absolute Gasteiger partial charge is 0.395 e. The minimum absolute atomic E-state index is 0.103. The quantitative estimate of drug-likeness (QED) is 0.904. The van der Waals surface area contributed by atoms with Crippen LogP contribution in [0.4, 0.5) is 0 Å². The molecule has 3 rings (SSSR count). The molecule has 0 spiro atoms. The number of rotatable bonds is 5. The molecule has 0 bridgehead atoms. The number of nitrogens with zero attached hydrogens (tertiary/aromatic N) is 2. The minimum Gasteiger partial charge on any atom is -0.395 e. The van der Waals surface area contributed by atoms with E-state index >= 15 is 0 Å². The van der Waals surface area contributed by atoms with Gasteiger partial charge in [0.1, 0.15) is 0 Å². The normalized spacial score (nSPS) is 21.2. The molecule has 1 N–H and O–H groups in total. The highest BCUT2D eigenvalue weighted by Crippen LogP contribution is 2.35. The minimum atomic E-state index is 0.103. The van der Waals surface area contributed by atoms with Gasteiger partial charge >= 0.3 is 0 Å². The van der Waals surface area contributed by atoms with E-state index < -0.39 is 0 Å². The van der Waals surface area contributed by atoms with Crippen molar-refractivity contribution in [3.8, 4) is 0 Å². The zero-order valence-corrected chi connectivity index (χ0v) is 13.2. The molecule has 1 heterocycles. The van der Waals surface area contributed by atoms with E-state index in [9.17, 15) is 9.90 Å². The van der Waals surface area contributed by atoms with Gasteiger partial charge in [-0.1, -0.05) is 24.3 Å². The Hall–Kier alpha value is -1.39. The number of hydrogen-bond acceptors (Lipinski definition) is 3. The molecule has 1 aromatic carbocycles. The predicted molar refractivity (Wildman–Crippen MR) is 86.6 cm³/mol. The molecule has 1 unspecified atom stereocenters. The number of aryl methyl sites for hydroxylation is 1. The fourth-order valence-electron chi connectivity index (χ4n) is 3.80. The lowest BCUT2D eigenvalue weighted by Gasteiger charge is -2.33. The molecular formula is C18H26N2O2. The molecule has 1 aliphatic carbocycles. The van der Waals surface area contributed by atoms with Gasteiger partial charge in [-0.2, -0.15) is 0 Å². The summed E-state index contributed by atoms with van der Waals surface area (Å²) in [5.74, 6) is 0.220. The van der Waals surface area contributed by atoms with E-state index in [4.69, 9.17) is 0 Å². The Morgan fingerprint density at radius 3 is 2.77 bits per heavy atom. The lowest BCUT2D eigenvalue weighted by Crippen LogP contribution is -2.44. The SMILES string of the molecule is O=C(CN(CCO)C1CCc2ccccc21)N1CCCCC1. The van der Waals surface area contributed by atoms with Crippen LogP contribution in [0.1, 0.15) is 42.9 Å². The molecule has 22 heavy (non-hydrogen) atoms. The number of likely N-dealkylation sites (tertiary alicyclic amines) is 1. The Bertz CT molecular complexity index is 512. The Labute approximate surface area is 132 Å². The highest BCUT2D eigenvalue weighted by atomic mass is 16.3. The van der Waals surface area contributed by atoms with Crippen LogP contribution in [0.2, 0.25) is 0 Å². The van der Waals surface area contributed by atoms with Gasteiger partial charge in [0.05, 0.1) is 13.2 Å². The van der Waals surface area contributed by atoms with Crippen molar-refractivity contribution in [2.45, 2.75) is 38.1 Å². The van der Waals surface area contributed by atoms with Crippen LogP contribution < -0.4 is 0 Å². The maximum absolute atomic E-state index is 12.6. The number of aliphatic hydroxyl groups is 1. The van der Waals surface area contributed by atoms with Gasteiger partial charge in [0.2, 0.25) is 5.91 Å². The summed E-state index contributed by atoms with van der Waals surface area (Å²) in [7, 11) is 0. The van der Waals surface area contributed by atoms with Gasteiger partial charge in [0, 0.05) is 25.7 Å². The van der Waals surface area contributed by atoms with Crippen molar-refractivity contribution in [2.75, 3.05) is 32.8 Å². The van der Waals surface area contributed by atoms with Gasteiger partial charge in [-0.15, -0.1) is 0 Å². The third kappa shape index (κ3) is 3.33. The molecule has 1 fully saturated rings. The van der Waals surface area contributed by atoms with Crippen molar-refractivity contribution in [1.29, 1.82) is 0 Å². The first kappa shape index (κ1) is 15.5. The number of benzene rings is 1. The summed E-state index contributed by atoms with van der Waals surface area (Å²) < 4.78 is 0. The molecule has 0 saturated carbocycles. The van der Waals surface area contributed by atoms with Gasteiger partial charge in [-0.25, -0.2) is 0 Å². The summed E-state index contributed by atoms with van der Waals surface area (Å²) in [5, 5.41) is 9.40. The average molecular weight is 302 g/mol. The first-order valence-electron chi connectivity index (χ1n) is 8.50. The first-order valence-corrected chi connectivity index (χ1v) is 8.50. The molecular weight excluding hydrogens is 276 g/mol. The smallest absolute Gasteiger partial charge is 0.236 e. The summed E-state index contributed by atoms with van der Waals surface area (Å²) >= 11 is 0. The summed E-state index contributed by atoms with van der Waals surface area (Å²) in [6, 6.07) is 8.77. The molecule has 0 aromatic heterocycles. The highest BCUT2D eigenvalue weighted by molar-refractivity contribution is 5.78. The lowest BCUT2D eigenvalue weighted by molar-refractivity contribution is -0.134. The zero-order valence-electron chi connectivity index (χ0n) is 13.2. The number of carbonyl (C=O) groups excluding carboxylic acids is 1. The van der Waals surface area contributed by atoms with E-state index in [1.54, 1.807) is 0 Å². The van der Waals surface area contributed by atoms with Gasteiger partial charge in [0.15, 0.2) is 0 Å². The molecule has 1 saturated heterocycles. The third-order valence-corrected chi connectivity index (χ3v) is 4.98. The molecule has 1 aromatic rings. The van der Waals surface area contributed by atoms with Crippen LogP contribution >= 0.6 is 0 Å². The Morgan fingerprint density at radius 1 is 1.23 bits per heavy atom. The van der Waals surface area contributed by atoms with Crippen LogP contribution in [0, 0.1) is 0 Å². The maximum atomic E-state index is 12.6. The second-order valence-corrected chi connectivity index (χ2v) is 6.39. The lowest BCUT2D eigenvalue weighted by atomic mass is 10.1. The molecule has 1 atom stereocenters. The van der Waals surface area contributed by atoms with Gasteiger partial charge < -0.3 is 10.0 Å². The monoisotopic (exact) mass is 302 g/mol. The van der Waals surface area contributed by atoms with E-state index in [0.717, 1.165) is 38.8 Å². The van der Waals surface area contributed by atoms with Crippen molar-refractivity contribution >= 4 is 5.91 Å².